The molecule has 0 fully saturated rings. The fourth-order valence-corrected chi connectivity index (χ4v) is 3.63. The topological polar surface area (TPSA) is 56.0 Å². The Morgan fingerprint density at radius 1 is 0.950 bits per heavy atom. The Kier molecular flexibility index (Phi) is 3.46. The van der Waals surface area contributed by atoms with Crippen molar-refractivity contribution in [3.8, 4) is 21.4 Å². The first-order valence-corrected chi connectivity index (χ1v) is 7.84. The summed E-state index contributed by atoms with van der Waals surface area (Å²) >= 11 is 0.168. The van der Waals surface area contributed by atoms with Crippen molar-refractivity contribution < 1.29 is 4.92 Å². The van der Waals surface area contributed by atoms with E-state index in [1.165, 1.54) is 12.1 Å². The summed E-state index contributed by atoms with van der Waals surface area (Å²) in [4.78, 5) is 17.0. The molecule has 1 heterocycles. The van der Waals surface area contributed by atoms with Gasteiger partial charge in [-0.15, -0.1) is 0 Å². The molecule has 0 spiro atoms. The number of nitrogens with zero attached hydrogens (tertiary/aromatic N) is 2. The fraction of sp³-hybridized carbons (Fsp3) is 0. The Morgan fingerprint density at radius 2 is 1.65 bits per heavy atom. The molecule has 0 bridgehead atoms. The normalized spacial score (nSPS) is 10.4. The van der Waals surface area contributed by atoms with E-state index in [1.54, 1.807) is 12.1 Å². The summed E-state index contributed by atoms with van der Waals surface area (Å²) in [5.74, 6) is 0. The molecule has 3 rings (SSSR count). The number of nitro benzene ring substituents is 1. The molecule has 0 saturated heterocycles. The molecule has 1 aromatic heterocycles. The van der Waals surface area contributed by atoms with Crippen LogP contribution in [0, 0.1) is 10.1 Å². The van der Waals surface area contributed by atoms with Gasteiger partial charge in [0.15, 0.2) is 0 Å². The van der Waals surface area contributed by atoms with E-state index < -0.39 is 0 Å². The molecule has 0 saturated carbocycles. The number of nitro groups is 1. The molecular weight excluding hydrogens is 319 g/mol. The van der Waals surface area contributed by atoms with Crippen molar-refractivity contribution in [2.45, 2.75) is 0 Å². The van der Waals surface area contributed by atoms with Crippen LogP contribution in [0.5, 0.6) is 0 Å². The summed E-state index contributed by atoms with van der Waals surface area (Å²) in [7, 11) is 0. The molecule has 0 aliphatic carbocycles. The van der Waals surface area contributed by atoms with E-state index in [1.807, 2.05) is 30.3 Å². The maximum atomic E-state index is 10.6. The monoisotopic (exact) mass is 330 g/mol. The van der Waals surface area contributed by atoms with Crippen molar-refractivity contribution >= 4 is 20.2 Å². The van der Waals surface area contributed by atoms with E-state index in [-0.39, 0.29) is 25.1 Å². The van der Waals surface area contributed by atoms with E-state index in [0.29, 0.717) is 0 Å². The van der Waals surface area contributed by atoms with Crippen LogP contribution in [0.3, 0.4) is 0 Å². The molecule has 0 atom stereocenters. The third-order valence-corrected chi connectivity index (χ3v) is 4.77. The van der Waals surface area contributed by atoms with E-state index >= 15 is 0 Å². The SMILES string of the molecule is O=[N+]([O-])c1ccc(-c2nc(-c3ccccc3)c[se]2)cc1. The first-order valence-electron chi connectivity index (χ1n) is 6.00. The van der Waals surface area contributed by atoms with Gasteiger partial charge in [0.1, 0.15) is 0 Å². The molecule has 5 heteroatoms. The molecule has 4 nitrogen and oxygen atoms in total. The molecule has 3 aromatic rings. The molecule has 2 aromatic carbocycles. The van der Waals surface area contributed by atoms with Crippen molar-refractivity contribution in [1.82, 2.24) is 4.98 Å². The minimum absolute atomic E-state index is 0.107. The summed E-state index contributed by atoms with van der Waals surface area (Å²) in [5.41, 5.74) is 3.15. The van der Waals surface area contributed by atoms with Crippen molar-refractivity contribution in [2.75, 3.05) is 0 Å². The Hall–Kier alpha value is -2.23. The third kappa shape index (κ3) is 2.54. The zero-order chi connectivity index (χ0) is 13.9. The first-order chi connectivity index (χ1) is 9.74. The zero-order valence-corrected chi connectivity index (χ0v) is 12.1. The average molecular weight is 329 g/mol. The number of aromatic nitrogens is 1. The Labute approximate surface area is 121 Å². The third-order valence-electron chi connectivity index (χ3n) is 2.90. The van der Waals surface area contributed by atoms with E-state index in [9.17, 15) is 10.1 Å². The number of hydrogen-bond donors (Lipinski definition) is 0. The molecule has 20 heavy (non-hydrogen) atoms. The van der Waals surface area contributed by atoms with Gasteiger partial charge in [-0.2, -0.15) is 0 Å². The molecule has 0 unspecified atom stereocenters. The van der Waals surface area contributed by atoms with Gasteiger partial charge in [0.2, 0.25) is 0 Å². The van der Waals surface area contributed by atoms with Gasteiger partial charge in [0.25, 0.3) is 0 Å². The average Bonchev–Trinajstić information content (AvgIpc) is 2.98. The predicted octanol–water partition coefficient (Wildman–Crippen LogP) is 3.38. The summed E-state index contributed by atoms with van der Waals surface area (Å²) < 4.78 is 1.01. The van der Waals surface area contributed by atoms with Crippen LogP contribution in [-0.4, -0.2) is 24.4 Å². The second-order valence-corrected chi connectivity index (χ2v) is 6.01. The Balaban J connectivity index is 1.92. The number of rotatable bonds is 3. The second-order valence-electron chi connectivity index (χ2n) is 4.21. The predicted molar refractivity (Wildman–Crippen MR) is 78.7 cm³/mol. The summed E-state index contributed by atoms with van der Waals surface area (Å²) in [6, 6.07) is 16.6. The van der Waals surface area contributed by atoms with Crippen LogP contribution >= 0.6 is 0 Å². The van der Waals surface area contributed by atoms with Crippen LogP contribution in [0.4, 0.5) is 5.69 Å². The van der Waals surface area contributed by atoms with Gasteiger partial charge in [-0.25, -0.2) is 0 Å². The molecule has 0 aliphatic heterocycles. The quantitative estimate of drug-likeness (QED) is 0.420. The Bertz CT molecular complexity index is 736. The summed E-state index contributed by atoms with van der Waals surface area (Å²) in [5, 5.41) is 10.6. The summed E-state index contributed by atoms with van der Waals surface area (Å²) in [6.45, 7) is 0. The van der Waals surface area contributed by atoms with E-state index in [4.69, 9.17) is 0 Å². The van der Waals surface area contributed by atoms with Gasteiger partial charge < -0.3 is 0 Å². The number of hydrogen-bond acceptors (Lipinski definition) is 3. The Morgan fingerprint density at radius 3 is 2.30 bits per heavy atom. The van der Waals surface area contributed by atoms with E-state index in [0.717, 1.165) is 21.4 Å². The van der Waals surface area contributed by atoms with Crippen molar-refractivity contribution in [1.29, 1.82) is 0 Å². The number of benzene rings is 2. The molecule has 0 aliphatic rings. The number of non-ortho nitro benzene ring substituents is 1. The van der Waals surface area contributed by atoms with Gasteiger partial charge in [-0.1, -0.05) is 0 Å². The molecule has 98 valence electrons. The molecule has 0 amide bonds. The zero-order valence-electron chi connectivity index (χ0n) is 10.4. The second kappa shape index (κ2) is 5.41. The van der Waals surface area contributed by atoms with Gasteiger partial charge >= 0.3 is 121 Å². The van der Waals surface area contributed by atoms with E-state index in [2.05, 4.69) is 9.92 Å². The first kappa shape index (κ1) is 12.8. The standard InChI is InChI=1S/C15H10N2O2Se/c18-17(19)13-8-6-12(7-9-13)15-16-14(10-20-15)11-4-2-1-3-5-11/h1-10H. The van der Waals surface area contributed by atoms with Crippen molar-refractivity contribution in [2.24, 2.45) is 0 Å². The van der Waals surface area contributed by atoms with Gasteiger partial charge in [-0.3, -0.25) is 0 Å². The van der Waals surface area contributed by atoms with Crippen LogP contribution < -0.4 is 0 Å². The van der Waals surface area contributed by atoms with Crippen LogP contribution in [0.2, 0.25) is 0 Å². The minimum atomic E-state index is -0.390. The molecule has 0 radical (unpaired) electrons. The van der Waals surface area contributed by atoms with Crippen molar-refractivity contribution in [3.63, 3.8) is 0 Å². The van der Waals surface area contributed by atoms with Gasteiger partial charge in [0.05, 0.1) is 0 Å². The molecular formula is C15H10N2O2Se. The van der Waals surface area contributed by atoms with Crippen LogP contribution in [0.25, 0.3) is 21.4 Å². The fourth-order valence-electron chi connectivity index (χ4n) is 1.87. The van der Waals surface area contributed by atoms with Crippen LogP contribution in [0.1, 0.15) is 0 Å². The van der Waals surface area contributed by atoms with Crippen LogP contribution in [-0.2, 0) is 0 Å². The maximum absolute atomic E-state index is 10.6. The summed E-state index contributed by atoms with van der Waals surface area (Å²) in [6.07, 6.45) is 0. The molecule has 0 N–H and O–H groups in total. The van der Waals surface area contributed by atoms with Crippen LogP contribution in [0.15, 0.2) is 59.5 Å². The van der Waals surface area contributed by atoms with Gasteiger partial charge in [-0.05, 0) is 0 Å². The van der Waals surface area contributed by atoms with Crippen molar-refractivity contribution in [3.05, 3.63) is 69.7 Å². The van der Waals surface area contributed by atoms with Gasteiger partial charge in [0, 0.05) is 0 Å².